The fraction of sp³-hybridized carbons (Fsp3) is 0.556. The zero-order valence-electron chi connectivity index (χ0n) is 8.54. The molecule has 0 saturated heterocycles. The molecule has 0 aromatic heterocycles. The van der Waals surface area contributed by atoms with Gasteiger partial charge in [-0.3, -0.25) is 0 Å². The molecule has 0 bridgehead atoms. The zero-order chi connectivity index (χ0) is 11.3. The van der Waals surface area contributed by atoms with Crippen molar-refractivity contribution in [3.05, 3.63) is 22.3 Å². The summed E-state index contributed by atoms with van der Waals surface area (Å²) in [6.07, 6.45) is 0. The fourth-order valence-corrected chi connectivity index (χ4v) is 12.7. The second-order valence-corrected chi connectivity index (χ2v) is 31.6. The van der Waals surface area contributed by atoms with Crippen LogP contribution >= 0.6 is 36.8 Å². The van der Waals surface area contributed by atoms with Gasteiger partial charge >= 0.3 is 102 Å². The van der Waals surface area contributed by atoms with E-state index in [-0.39, 0.29) is 4.14 Å². The van der Waals surface area contributed by atoms with Crippen LogP contribution in [-0.2, 0) is 11.5 Å². The van der Waals surface area contributed by atoms with E-state index >= 15 is 0 Å². The summed E-state index contributed by atoms with van der Waals surface area (Å²) in [4.78, 5) is 0. The van der Waals surface area contributed by atoms with Crippen molar-refractivity contribution in [2.45, 2.75) is 31.8 Å². The van der Waals surface area contributed by atoms with Crippen molar-refractivity contribution < 1.29 is 11.5 Å². The Balaban J connectivity index is 3.31. The number of rotatable bonds is 1. The molecule has 0 unspecified atom stereocenters. The number of allylic oxidation sites excluding steroid dienone is 4. The maximum absolute atomic E-state index is 6.14. The van der Waals surface area contributed by atoms with Gasteiger partial charge in [-0.15, -0.1) is 0 Å². The number of hydrogen-bond acceptors (Lipinski definition) is 0. The van der Waals surface area contributed by atoms with E-state index in [9.17, 15) is 0 Å². The molecule has 0 aliphatic heterocycles. The average Bonchev–Trinajstić information content (AvgIpc) is 2.12. The molecule has 0 amide bonds. The van der Waals surface area contributed by atoms with E-state index in [0.29, 0.717) is 0 Å². The van der Waals surface area contributed by atoms with Crippen LogP contribution in [-0.4, -0.2) is 0 Å². The van der Waals surface area contributed by atoms with Crippen LogP contribution in [0.5, 0.6) is 0 Å². The number of hydrogen-bond donors (Lipinski definition) is 0. The molecule has 1 rings (SSSR count). The molecule has 0 aromatic carbocycles. The maximum atomic E-state index is 6.14. The quantitative estimate of drug-likeness (QED) is 0.524. The molecule has 0 N–H and O–H groups in total. The van der Waals surface area contributed by atoms with Gasteiger partial charge in [0.25, 0.3) is 0 Å². The molecule has 0 fully saturated rings. The summed E-state index contributed by atoms with van der Waals surface area (Å²) in [5.74, 6) is 0. The molecule has 0 heterocycles. The second-order valence-electron chi connectivity index (χ2n) is 3.79. The van der Waals surface area contributed by atoms with Crippen molar-refractivity contribution >= 4 is 36.8 Å². The first kappa shape index (κ1) is 13.4. The Kier molecular flexibility index (Phi) is 3.55. The van der Waals surface area contributed by atoms with E-state index in [1.807, 2.05) is 13.8 Å². The van der Waals surface area contributed by atoms with Gasteiger partial charge in [-0.25, -0.2) is 0 Å². The summed E-state index contributed by atoms with van der Waals surface area (Å²) >= 11 is -4.42. The van der Waals surface area contributed by atoms with Crippen LogP contribution in [0.4, 0.5) is 0 Å². The van der Waals surface area contributed by atoms with Gasteiger partial charge in [-0.1, -0.05) is 0 Å². The molecule has 0 radical (unpaired) electrons. The first-order chi connectivity index (χ1) is 6.02. The Morgan fingerprint density at radius 3 is 1.21 bits per heavy atom. The van der Waals surface area contributed by atoms with Crippen LogP contribution < -0.4 is 0 Å². The Labute approximate surface area is 101 Å². The van der Waals surface area contributed by atoms with E-state index in [2.05, 4.69) is 13.8 Å². The van der Waals surface area contributed by atoms with Crippen LogP contribution in [0.3, 0.4) is 0 Å². The molecule has 14 heavy (non-hydrogen) atoms. The molecule has 0 spiro atoms. The Bertz CT molecular complexity index is 312. The van der Waals surface area contributed by atoms with Crippen molar-refractivity contribution in [2.24, 2.45) is 0 Å². The normalized spacial score (nSPS) is 23.0. The Morgan fingerprint density at radius 2 is 1.07 bits per heavy atom. The molecule has 5 heteroatoms. The predicted octanol–water partition coefficient (Wildman–Crippen LogP) is 5.77. The molecule has 0 nitrogen and oxygen atoms in total. The molecular formula is C9H13Cl4Nb. The molecule has 82 valence electrons. The fourth-order valence-electron chi connectivity index (χ4n) is 1.91. The van der Waals surface area contributed by atoms with Crippen molar-refractivity contribution in [3.63, 3.8) is 0 Å². The van der Waals surface area contributed by atoms with E-state index in [4.69, 9.17) is 36.8 Å². The third-order valence-electron chi connectivity index (χ3n) is 2.96. The van der Waals surface area contributed by atoms with E-state index in [0.717, 1.165) is 11.1 Å². The van der Waals surface area contributed by atoms with Gasteiger partial charge in [0.1, 0.15) is 0 Å². The van der Waals surface area contributed by atoms with Crippen LogP contribution in [0.2, 0.25) is 4.14 Å². The standard InChI is InChI=1S/C9H13.4ClH.Nb/c1-6-5-7(2)9(4)8(6)3;;;;;/h5H,1-4H3;4*1H;/q;;;;;+4/p-4. The SMILES string of the molecule is CC1=C(C)[CH]([Nb]([Cl])([Cl])([Cl])[Cl])C(C)=C1C. The second kappa shape index (κ2) is 3.70. The summed E-state index contributed by atoms with van der Waals surface area (Å²) in [5, 5.41) is 0. The van der Waals surface area contributed by atoms with E-state index in [1.165, 1.54) is 11.1 Å². The van der Waals surface area contributed by atoms with Crippen LogP contribution in [0.25, 0.3) is 0 Å². The molecule has 0 atom stereocenters. The summed E-state index contributed by atoms with van der Waals surface area (Å²) < 4.78 is -0.130. The van der Waals surface area contributed by atoms with Crippen LogP contribution in [0.1, 0.15) is 27.7 Å². The van der Waals surface area contributed by atoms with Gasteiger partial charge in [0.2, 0.25) is 0 Å². The van der Waals surface area contributed by atoms with Crippen molar-refractivity contribution in [2.75, 3.05) is 0 Å². The zero-order valence-corrected chi connectivity index (χ0v) is 13.8. The average molecular weight is 356 g/mol. The van der Waals surface area contributed by atoms with Gasteiger partial charge in [-0.05, 0) is 0 Å². The van der Waals surface area contributed by atoms with Gasteiger partial charge < -0.3 is 0 Å². The molecule has 0 saturated carbocycles. The summed E-state index contributed by atoms with van der Waals surface area (Å²) in [7, 11) is 24.6. The Hall–Kier alpha value is 1.38. The molecule has 0 aromatic rings. The molecule has 1 aliphatic rings. The minimum atomic E-state index is -4.42. The van der Waals surface area contributed by atoms with Crippen molar-refractivity contribution in [3.8, 4) is 0 Å². The number of halogens is 4. The van der Waals surface area contributed by atoms with Gasteiger partial charge in [0, 0.05) is 0 Å². The predicted molar refractivity (Wildman–Crippen MR) is 63.9 cm³/mol. The van der Waals surface area contributed by atoms with E-state index < -0.39 is 11.5 Å². The topological polar surface area (TPSA) is 0 Å². The van der Waals surface area contributed by atoms with Gasteiger partial charge in [0.05, 0.1) is 0 Å². The third kappa shape index (κ3) is 2.38. The first-order valence-electron chi connectivity index (χ1n) is 4.26. The van der Waals surface area contributed by atoms with E-state index in [1.54, 1.807) is 0 Å². The first-order valence-corrected chi connectivity index (χ1v) is 16.9. The Morgan fingerprint density at radius 1 is 0.786 bits per heavy atom. The van der Waals surface area contributed by atoms with Gasteiger partial charge in [-0.2, -0.15) is 0 Å². The van der Waals surface area contributed by atoms with Crippen molar-refractivity contribution in [1.29, 1.82) is 0 Å². The van der Waals surface area contributed by atoms with Crippen LogP contribution in [0.15, 0.2) is 22.3 Å². The van der Waals surface area contributed by atoms with Crippen LogP contribution in [0, 0.1) is 0 Å². The summed E-state index contributed by atoms with van der Waals surface area (Å²) in [6, 6.07) is 0. The summed E-state index contributed by atoms with van der Waals surface area (Å²) in [6.45, 7) is 8.10. The molecular weight excluding hydrogens is 343 g/mol. The van der Waals surface area contributed by atoms with Crippen molar-refractivity contribution in [1.82, 2.24) is 0 Å². The van der Waals surface area contributed by atoms with Gasteiger partial charge in [0.15, 0.2) is 0 Å². The molecule has 1 aliphatic carbocycles. The minimum absolute atomic E-state index is 0.130. The monoisotopic (exact) mass is 354 g/mol. The third-order valence-corrected chi connectivity index (χ3v) is 11.4. The summed E-state index contributed by atoms with van der Waals surface area (Å²) in [5.41, 5.74) is 4.68.